The summed E-state index contributed by atoms with van der Waals surface area (Å²) < 4.78 is 21.4. The van der Waals surface area contributed by atoms with Gasteiger partial charge in [0.15, 0.2) is 23.7 Å². The van der Waals surface area contributed by atoms with E-state index in [9.17, 15) is 9.59 Å². The van der Waals surface area contributed by atoms with Crippen molar-refractivity contribution in [3.8, 4) is 11.5 Å². The molecule has 0 radical (unpaired) electrons. The van der Waals surface area contributed by atoms with Gasteiger partial charge in [-0.2, -0.15) is 0 Å². The smallest absolute Gasteiger partial charge is 0.316 e. The van der Waals surface area contributed by atoms with Gasteiger partial charge in [0.1, 0.15) is 11.3 Å². The van der Waals surface area contributed by atoms with E-state index in [1.54, 1.807) is 19.1 Å². The van der Waals surface area contributed by atoms with E-state index < -0.39 is 5.97 Å². The molecule has 8 nitrogen and oxygen atoms in total. The Morgan fingerprint density at radius 3 is 2.61 bits per heavy atom. The van der Waals surface area contributed by atoms with E-state index in [1.807, 2.05) is 36.4 Å². The Bertz CT molecular complexity index is 1080. The van der Waals surface area contributed by atoms with Crippen molar-refractivity contribution < 1.29 is 28.2 Å². The first-order valence-electron chi connectivity index (χ1n) is 9.73. The first kappa shape index (κ1) is 21.0. The van der Waals surface area contributed by atoms with Crippen molar-refractivity contribution in [2.45, 2.75) is 18.2 Å². The zero-order chi connectivity index (χ0) is 21.8. The number of methoxy groups -OCH3 is 2. The van der Waals surface area contributed by atoms with Crippen LogP contribution in [0.25, 0.3) is 11.1 Å². The van der Waals surface area contributed by atoms with Crippen LogP contribution in [0.1, 0.15) is 11.1 Å². The van der Waals surface area contributed by atoms with Crippen molar-refractivity contribution in [1.29, 1.82) is 0 Å². The summed E-state index contributed by atoms with van der Waals surface area (Å²) in [6.07, 6.45) is 0.697. The topological polar surface area (TPSA) is 91.1 Å². The summed E-state index contributed by atoms with van der Waals surface area (Å²) in [5.74, 6) is 0.578. The third kappa shape index (κ3) is 4.77. The zero-order valence-corrected chi connectivity index (χ0v) is 18.1. The molecule has 1 amide bonds. The van der Waals surface area contributed by atoms with E-state index in [4.69, 9.17) is 18.6 Å². The number of rotatable bonds is 7. The summed E-state index contributed by atoms with van der Waals surface area (Å²) in [6.45, 7) is 0.690. The van der Waals surface area contributed by atoms with E-state index in [1.165, 1.54) is 0 Å². The molecule has 3 aromatic rings. The Kier molecular flexibility index (Phi) is 6.31. The Morgan fingerprint density at radius 1 is 1.13 bits per heavy atom. The number of oxazole rings is 1. The molecule has 0 saturated carbocycles. The predicted octanol–water partition coefficient (Wildman–Crippen LogP) is 3.07. The van der Waals surface area contributed by atoms with Crippen LogP contribution >= 0.6 is 11.8 Å². The number of carbonyl (C=O) groups excluding carboxylic acids is 2. The molecule has 0 saturated heterocycles. The number of fused-ring (bicyclic) bond motifs is 2. The Balaban J connectivity index is 1.28. The second-order valence-corrected chi connectivity index (χ2v) is 7.86. The van der Waals surface area contributed by atoms with E-state index in [0.29, 0.717) is 41.8 Å². The molecule has 1 aliphatic heterocycles. The highest BCUT2D eigenvalue weighted by Gasteiger charge is 2.23. The van der Waals surface area contributed by atoms with Gasteiger partial charge in [0.2, 0.25) is 0 Å². The summed E-state index contributed by atoms with van der Waals surface area (Å²) in [7, 11) is 3.17. The fraction of sp³-hybridized carbons (Fsp3) is 0.318. The lowest BCUT2D eigenvalue weighted by Crippen LogP contribution is -2.38. The van der Waals surface area contributed by atoms with Crippen LogP contribution in [0.15, 0.2) is 46.0 Å². The minimum Gasteiger partial charge on any atom is -0.493 e. The van der Waals surface area contributed by atoms with Gasteiger partial charge in [0.25, 0.3) is 11.1 Å². The lowest BCUT2D eigenvalue weighted by molar-refractivity contribution is -0.150. The van der Waals surface area contributed by atoms with Gasteiger partial charge in [0.05, 0.1) is 14.2 Å². The van der Waals surface area contributed by atoms with Crippen molar-refractivity contribution in [2.75, 3.05) is 33.1 Å². The molecular weight excluding hydrogens is 420 g/mol. The largest absolute Gasteiger partial charge is 0.493 e. The molecule has 2 heterocycles. The number of esters is 1. The molecule has 162 valence electrons. The molecule has 0 atom stereocenters. The SMILES string of the molecule is COc1cc2c(cc1OC)CN(C(=O)COC(=O)CSc1nc3ccccc3o1)CC2. The Morgan fingerprint density at radius 2 is 1.87 bits per heavy atom. The average Bonchev–Trinajstić information content (AvgIpc) is 3.22. The lowest BCUT2D eigenvalue weighted by atomic mass is 9.99. The molecule has 4 rings (SSSR count). The summed E-state index contributed by atoms with van der Waals surface area (Å²) in [5.41, 5.74) is 3.50. The minimum atomic E-state index is -0.496. The second kappa shape index (κ2) is 9.30. The number of aromatic nitrogens is 1. The maximum absolute atomic E-state index is 12.5. The fourth-order valence-electron chi connectivity index (χ4n) is 3.40. The maximum Gasteiger partial charge on any atom is 0.316 e. The summed E-state index contributed by atoms with van der Waals surface area (Å²) in [6, 6.07) is 11.2. The quantitative estimate of drug-likeness (QED) is 0.407. The molecule has 0 spiro atoms. The molecule has 0 fully saturated rings. The number of amides is 1. The first-order chi connectivity index (χ1) is 15.1. The van der Waals surface area contributed by atoms with Gasteiger partial charge in [-0.3, -0.25) is 9.59 Å². The van der Waals surface area contributed by atoms with Crippen molar-refractivity contribution in [1.82, 2.24) is 9.88 Å². The highest BCUT2D eigenvalue weighted by Crippen LogP contribution is 2.33. The Hall–Kier alpha value is -3.20. The molecule has 9 heteroatoms. The van der Waals surface area contributed by atoms with E-state index >= 15 is 0 Å². The molecule has 1 aromatic heterocycles. The maximum atomic E-state index is 12.5. The predicted molar refractivity (Wildman–Crippen MR) is 114 cm³/mol. The number of carbonyl (C=O) groups is 2. The highest BCUT2D eigenvalue weighted by molar-refractivity contribution is 7.99. The van der Waals surface area contributed by atoms with Crippen LogP contribution < -0.4 is 9.47 Å². The van der Waals surface area contributed by atoms with Gasteiger partial charge >= 0.3 is 5.97 Å². The number of nitrogens with zero attached hydrogens (tertiary/aromatic N) is 2. The third-order valence-corrected chi connectivity index (χ3v) is 5.82. The zero-order valence-electron chi connectivity index (χ0n) is 17.3. The first-order valence-corrected chi connectivity index (χ1v) is 10.7. The average molecular weight is 442 g/mol. The van der Waals surface area contributed by atoms with Crippen molar-refractivity contribution in [3.05, 3.63) is 47.5 Å². The van der Waals surface area contributed by atoms with Gasteiger partial charge in [-0.05, 0) is 41.8 Å². The normalized spacial score (nSPS) is 13.0. The minimum absolute atomic E-state index is 0.0138. The van der Waals surface area contributed by atoms with Crippen molar-refractivity contribution >= 4 is 34.7 Å². The van der Waals surface area contributed by atoms with Crippen LogP contribution in [0, 0.1) is 0 Å². The van der Waals surface area contributed by atoms with Crippen LogP contribution in [-0.4, -0.2) is 54.9 Å². The molecule has 0 unspecified atom stereocenters. The van der Waals surface area contributed by atoms with Crippen LogP contribution in [0.2, 0.25) is 0 Å². The Labute approximate surface area is 183 Å². The number of benzene rings is 2. The van der Waals surface area contributed by atoms with Crippen LogP contribution in [0.3, 0.4) is 0 Å². The van der Waals surface area contributed by atoms with Gasteiger partial charge in [-0.25, -0.2) is 4.98 Å². The number of hydrogen-bond acceptors (Lipinski definition) is 8. The monoisotopic (exact) mass is 442 g/mol. The third-order valence-electron chi connectivity index (χ3n) is 5.02. The second-order valence-electron chi connectivity index (χ2n) is 6.94. The standard InChI is InChI=1S/C22H22N2O6S/c1-27-18-9-14-7-8-24(11-15(14)10-19(18)28-2)20(25)12-29-21(26)13-31-22-23-16-5-3-4-6-17(16)30-22/h3-6,9-10H,7-8,11-13H2,1-2H3. The number of hydrogen-bond donors (Lipinski definition) is 0. The molecule has 0 N–H and O–H groups in total. The molecule has 0 aliphatic carbocycles. The lowest BCUT2D eigenvalue weighted by Gasteiger charge is -2.29. The van der Waals surface area contributed by atoms with E-state index in [2.05, 4.69) is 4.98 Å². The molecule has 1 aliphatic rings. The van der Waals surface area contributed by atoms with Gasteiger partial charge < -0.3 is 23.5 Å². The van der Waals surface area contributed by atoms with Crippen LogP contribution in [0.4, 0.5) is 0 Å². The van der Waals surface area contributed by atoms with Gasteiger partial charge in [-0.1, -0.05) is 23.9 Å². The molecular formula is C22H22N2O6S. The van der Waals surface area contributed by atoms with Crippen molar-refractivity contribution in [3.63, 3.8) is 0 Å². The van der Waals surface area contributed by atoms with Crippen molar-refractivity contribution in [2.24, 2.45) is 0 Å². The molecule has 2 aromatic carbocycles. The number of ether oxygens (including phenoxy) is 3. The van der Waals surface area contributed by atoms with E-state index in [-0.39, 0.29) is 18.3 Å². The van der Waals surface area contributed by atoms with Gasteiger partial charge in [-0.15, -0.1) is 0 Å². The highest BCUT2D eigenvalue weighted by atomic mass is 32.2. The fourth-order valence-corrected chi connectivity index (χ4v) is 4.04. The number of thioether (sulfide) groups is 1. The molecule has 31 heavy (non-hydrogen) atoms. The molecule has 0 bridgehead atoms. The summed E-state index contributed by atoms with van der Waals surface area (Å²) in [5, 5.41) is 0.390. The van der Waals surface area contributed by atoms with Gasteiger partial charge in [0, 0.05) is 13.1 Å². The van der Waals surface area contributed by atoms with E-state index in [0.717, 1.165) is 28.4 Å². The van der Waals surface area contributed by atoms with Crippen LogP contribution in [0.5, 0.6) is 11.5 Å². The summed E-state index contributed by atoms with van der Waals surface area (Å²) in [4.78, 5) is 30.6. The number of para-hydroxylation sites is 2. The summed E-state index contributed by atoms with van der Waals surface area (Å²) >= 11 is 1.14. The van der Waals surface area contributed by atoms with Crippen LogP contribution in [-0.2, 0) is 27.3 Å².